The third kappa shape index (κ3) is 4.43. The molecule has 0 bridgehead atoms. The molecule has 0 spiro atoms. The Kier molecular flexibility index (Phi) is 6.64. The summed E-state index contributed by atoms with van der Waals surface area (Å²) in [5, 5.41) is 9.83. The zero-order valence-electron chi connectivity index (χ0n) is 12.9. The van der Waals surface area contributed by atoms with E-state index < -0.39 is 0 Å². The highest BCUT2D eigenvalue weighted by atomic mass is 35.5. The van der Waals surface area contributed by atoms with Gasteiger partial charge in [0.2, 0.25) is 0 Å². The smallest absolute Gasteiger partial charge is 0.254 e. The topological polar surface area (TPSA) is 53.0 Å². The molecular formula is C16H23ClN2O3. The van der Waals surface area contributed by atoms with Gasteiger partial charge in [0.05, 0.1) is 19.8 Å². The molecule has 1 aliphatic rings. The summed E-state index contributed by atoms with van der Waals surface area (Å²) >= 11 is 6.10. The second-order valence-corrected chi connectivity index (χ2v) is 5.79. The number of nitrogens with zero attached hydrogens (tertiary/aromatic N) is 2. The normalized spacial score (nSPS) is 15.8. The fraction of sp³-hybridized carbons (Fsp3) is 0.562. The monoisotopic (exact) mass is 326 g/mol. The van der Waals surface area contributed by atoms with Crippen molar-refractivity contribution in [1.82, 2.24) is 9.80 Å². The van der Waals surface area contributed by atoms with Crippen LogP contribution in [0, 0.1) is 6.92 Å². The number of halogens is 1. The van der Waals surface area contributed by atoms with E-state index >= 15 is 0 Å². The number of ether oxygens (including phenoxy) is 1. The van der Waals surface area contributed by atoms with Gasteiger partial charge in [0.1, 0.15) is 0 Å². The van der Waals surface area contributed by atoms with Crippen LogP contribution in [-0.2, 0) is 4.74 Å². The molecule has 22 heavy (non-hydrogen) atoms. The second kappa shape index (κ2) is 8.48. The van der Waals surface area contributed by atoms with Crippen LogP contribution in [0.2, 0.25) is 5.02 Å². The fourth-order valence-corrected chi connectivity index (χ4v) is 2.71. The number of hydrogen-bond acceptors (Lipinski definition) is 4. The lowest BCUT2D eigenvalue weighted by atomic mass is 10.1. The van der Waals surface area contributed by atoms with Gasteiger partial charge in [-0.25, -0.2) is 0 Å². The number of hydrogen-bond donors (Lipinski definition) is 1. The highest BCUT2D eigenvalue weighted by molar-refractivity contribution is 6.31. The molecule has 1 amide bonds. The van der Waals surface area contributed by atoms with E-state index in [0.29, 0.717) is 23.7 Å². The molecule has 5 nitrogen and oxygen atoms in total. The van der Waals surface area contributed by atoms with Crippen molar-refractivity contribution in [3.8, 4) is 0 Å². The molecule has 1 aliphatic heterocycles. The largest absolute Gasteiger partial charge is 0.395 e. The molecule has 0 atom stereocenters. The van der Waals surface area contributed by atoms with E-state index in [-0.39, 0.29) is 12.5 Å². The third-order valence-corrected chi connectivity index (χ3v) is 4.35. The molecule has 6 heteroatoms. The van der Waals surface area contributed by atoms with Gasteiger partial charge in [-0.2, -0.15) is 0 Å². The number of benzene rings is 1. The Morgan fingerprint density at radius 3 is 2.77 bits per heavy atom. The van der Waals surface area contributed by atoms with E-state index in [4.69, 9.17) is 16.3 Å². The predicted octanol–water partition coefficient (Wildman–Crippen LogP) is 1.42. The Morgan fingerprint density at radius 1 is 1.36 bits per heavy atom. The van der Waals surface area contributed by atoms with Gasteiger partial charge in [0.25, 0.3) is 5.91 Å². The summed E-state index contributed by atoms with van der Waals surface area (Å²) in [6.07, 6.45) is 0. The molecule has 2 rings (SSSR count). The Morgan fingerprint density at radius 2 is 2.09 bits per heavy atom. The first-order valence-electron chi connectivity index (χ1n) is 7.59. The van der Waals surface area contributed by atoms with Gasteiger partial charge in [-0.05, 0) is 24.6 Å². The minimum atomic E-state index is -0.0812. The number of rotatable bonds is 6. The van der Waals surface area contributed by atoms with Crippen molar-refractivity contribution in [3.05, 3.63) is 34.3 Å². The van der Waals surface area contributed by atoms with Crippen molar-refractivity contribution < 1.29 is 14.6 Å². The van der Waals surface area contributed by atoms with E-state index in [1.807, 2.05) is 6.92 Å². The van der Waals surface area contributed by atoms with E-state index in [1.165, 1.54) is 0 Å². The van der Waals surface area contributed by atoms with E-state index in [0.717, 1.165) is 38.4 Å². The summed E-state index contributed by atoms with van der Waals surface area (Å²) in [4.78, 5) is 16.7. The van der Waals surface area contributed by atoms with Crippen LogP contribution in [0.15, 0.2) is 18.2 Å². The maximum absolute atomic E-state index is 12.7. The first-order valence-corrected chi connectivity index (χ1v) is 7.96. The van der Waals surface area contributed by atoms with Crippen molar-refractivity contribution >= 4 is 17.5 Å². The predicted molar refractivity (Wildman–Crippen MR) is 86.4 cm³/mol. The van der Waals surface area contributed by atoms with Crippen LogP contribution in [0.4, 0.5) is 0 Å². The van der Waals surface area contributed by atoms with Crippen LogP contribution >= 0.6 is 11.6 Å². The zero-order valence-corrected chi connectivity index (χ0v) is 13.7. The van der Waals surface area contributed by atoms with Gasteiger partial charge in [-0.1, -0.05) is 17.7 Å². The molecule has 1 heterocycles. The van der Waals surface area contributed by atoms with Crippen LogP contribution in [0.1, 0.15) is 15.9 Å². The first-order chi connectivity index (χ1) is 10.6. The van der Waals surface area contributed by atoms with Gasteiger partial charge in [-0.15, -0.1) is 0 Å². The molecule has 0 unspecified atom stereocenters. The minimum Gasteiger partial charge on any atom is -0.395 e. The summed E-state index contributed by atoms with van der Waals surface area (Å²) in [7, 11) is 0. The maximum Gasteiger partial charge on any atom is 0.254 e. The van der Waals surface area contributed by atoms with E-state index in [9.17, 15) is 9.90 Å². The molecule has 1 saturated heterocycles. The average molecular weight is 327 g/mol. The van der Waals surface area contributed by atoms with Crippen LogP contribution in [0.3, 0.4) is 0 Å². The van der Waals surface area contributed by atoms with Gasteiger partial charge >= 0.3 is 0 Å². The lowest BCUT2D eigenvalue weighted by molar-refractivity contribution is 0.0315. The molecule has 1 aromatic carbocycles. The van der Waals surface area contributed by atoms with Crippen molar-refractivity contribution in [2.75, 3.05) is 52.5 Å². The molecule has 0 aliphatic carbocycles. The van der Waals surface area contributed by atoms with Gasteiger partial charge in [-0.3, -0.25) is 9.69 Å². The summed E-state index contributed by atoms with van der Waals surface area (Å²) in [5.74, 6) is -0.0812. The lowest BCUT2D eigenvalue weighted by Crippen LogP contribution is -2.44. The van der Waals surface area contributed by atoms with Crippen molar-refractivity contribution in [3.63, 3.8) is 0 Å². The van der Waals surface area contributed by atoms with Crippen LogP contribution in [-0.4, -0.2) is 73.4 Å². The minimum absolute atomic E-state index is 0.0472. The number of aliphatic hydroxyl groups is 1. The number of carbonyl (C=O) groups is 1. The van der Waals surface area contributed by atoms with Gasteiger partial charge in [0.15, 0.2) is 0 Å². The van der Waals surface area contributed by atoms with Crippen LogP contribution < -0.4 is 0 Å². The Balaban J connectivity index is 2.02. The fourth-order valence-electron chi connectivity index (χ4n) is 2.53. The number of morpholine rings is 1. The Hall–Kier alpha value is -1.14. The molecule has 0 saturated carbocycles. The molecule has 1 fully saturated rings. The summed E-state index contributed by atoms with van der Waals surface area (Å²) < 4.78 is 5.32. The molecule has 1 N–H and O–H groups in total. The zero-order chi connectivity index (χ0) is 15.9. The molecule has 1 aromatic rings. The van der Waals surface area contributed by atoms with Crippen molar-refractivity contribution in [1.29, 1.82) is 0 Å². The summed E-state index contributed by atoms with van der Waals surface area (Å²) in [6, 6.07) is 5.34. The summed E-state index contributed by atoms with van der Waals surface area (Å²) in [5.41, 5.74) is 1.38. The van der Waals surface area contributed by atoms with Gasteiger partial charge < -0.3 is 14.7 Å². The Bertz CT molecular complexity index is 504. The standard InChI is InChI=1S/C16H23ClN2O3/c1-13-14(3-2-4-15(13)17)16(21)19(7-10-20)6-5-18-8-11-22-12-9-18/h2-4,20H,5-12H2,1H3. The van der Waals surface area contributed by atoms with Crippen molar-refractivity contribution in [2.45, 2.75) is 6.92 Å². The maximum atomic E-state index is 12.7. The first kappa shape index (κ1) is 17.2. The molecule has 0 radical (unpaired) electrons. The molecule has 0 aromatic heterocycles. The molecule has 122 valence electrons. The average Bonchev–Trinajstić information content (AvgIpc) is 2.54. The highest BCUT2D eigenvalue weighted by Gasteiger charge is 2.19. The van der Waals surface area contributed by atoms with E-state index in [2.05, 4.69) is 4.90 Å². The quantitative estimate of drug-likeness (QED) is 0.859. The number of aliphatic hydroxyl groups excluding tert-OH is 1. The SMILES string of the molecule is Cc1c(Cl)cccc1C(=O)N(CCO)CCN1CCOCC1. The second-order valence-electron chi connectivity index (χ2n) is 5.38. The third-order valence-electron chi connectivity index (χ3n) is 3.95. The van der Waals surface area contributed by atoms with Gasteiger partial charge in [0, 0.05) is 43.3 Å². The number of amides is 1. The van der Waals surface area contributed by atoms with Crippen LogP contribution in [0.5, 0.6) is 0 Å². The Labute approximate surface area is 136 Å². The van der Waals surface area contributed by atoms with Crippen molar-refractivity contribution in [2.24, 2.45) is 0 Å². The highest BCUT2D eigenvalue weighted by Crippen LogP contribution is 2.20. The van der Waals surface area contributed by atoms with Crippen LogP contribution in [0.25, 0.3) is 0 Å². The lowest BCUT2D eigenvalue weighted by Gasteiger charge is -2.30. The number of carbonyl (C=O) groups excluding carboxylic acids is 1. The van der Waals surface area contributed by atoms with E-state index in [1.54, 1.807) is 23.1 Å². The summed E-state index contributed by atoms with van der Waals surface area (Å²) in [6.45, 7) is 6.75. The molecular weight excluding hydrogens is 304 g/mol.